The lowest BCUT2D eigenvalue weighted by atomic mass is 10.2. The molecule has 0 amide bonds. The molecule has 18 heavy (non-hydrogen) atoms. The minimum absolute atomic E-state index is 0.559. The fraction of sp³-hybridized carbons (Fsp3) is 0.125. The van der Waals surface area contributed by atoms with Gasteiger partial charge in [0, 0.05) is 0 Å². The summed E-state index contributed by atoms with van der Waals surface area (Å²) in [5, 5.41) is 0. The summed E-state index contributed by atoms with van der Waals surface area (Å²) in [6, 6.07) is 17.6. The van der Waals surface area contributed by atoms with Crippen molar-refractivity contribution >= 4 is 0 Å². The van der Waals surface area contributed by atoms with E-state index in [1.54, 1.807) is 6.08 Å². The van der Waals surface area contributed by atoms with Crippen LogP contribution in [0.1, 0.15) is 5.56 Å². The lowest BCUT2D eigenvalue weighted by Gasteiger charge is -2.07. The van der Waals surface area contributed by atoms with E-state index in [1.807, 2.05) is 54.6 Å². The van der Waals surface area contributed by atoms with Crippen LogP contribution in [0.25, 0.3) is 0 Å². The van der Waals surface area contributed by atoms with Gasteiger partial charge in [-0.3, -0.25) is 0 Å². The Balaban J connectivity index is 2.01. The van der Waals surface area contributed by atoms with Crippen molar-refractivity contribution in [2.24, 2.45) is 0 Å². The normalized spacial score (nSPS) is 10.0. The van der Waals surface area contributed by atoms with Crippen LogP contribution >= 0.6 is 0 Å². The van der Waals surface area contributed by atoms with Gasteiger partial charge in [-0.1, -0.05) is 36.4 Å². The van der Waals surface area contributed by atoms with Gasteiger partial charge in [0.25, 0.3) is 0 Å². The summed E-state index contributed by atoms with van der Waals surface area (Å²) in [6.45, 7) is 4.74. The lowest BCUT2D eigenvalue weighted by Crippen LogP contribution is -1.93. The summed E-state index contributed by atoms with van der Waals surface area (Å²) < 4.78 is 11.2. The van der Waals surface area contributed by atoms with Crippen LogP contribution in [0.15, 0.2) is 67.3 Å². The Labute approximate surface area is 107 Å². The van der Waals surface area contributed by atoms with E-state index in [2.05, 4.69) is 6.58 Å². The molecule has 0 heterocycles. The number of hydrogen-bond donors (Lipinski definition) is 0. The molecule has 0 fully saturated rings. The minimum atomic E-state index is 0.559. The highest BCUT2D eigenvalue weighted by Gasteiger charge is 1.98. The maximum absolute atomic E-state index is 5.75. The van der Waals surface area contributed by atoms with Crippen LogP contribution in [0.4, 0.5) is 0 Å². The summed E-state index contributed by atoms with van der Waals surface area (Å²) in [6.07, 6.45) is 1.74. The summed E-state index contributed by atoms with van der Waals surface area (Å²) in [5.41, 5.74) is 1.09. The Morgan fingerprint density at radius 3 is 2.50 bits per heavy atom. The van der Waals surface area contributed by atoms with E-state index < -0.39 is 0 Å². The molecule has 0 aromatic heterocycles. The van der Waals surface area contributed by atoms with Crippen molar-refractivity contribution in [1.82, 2.24) is 0 Å². The third-order valence-electron chi connectivity index (χ3n) is 2.38. The van der Waals surface area contributed by atoms with E-state index in [-0.39, 0.29) is 0 Å². The standard InChI is InChI=1S/C16H16O2/c1-2-11-17-13-14-7-6-10-16(12-14)18-15-8-4-3-5-9-15/h2-10,12H,1,11,13H2. The average Bonchev–Trinajstić information content (AvgIpc) is 2.41. The van der Waals surface area contributed by atoms with Crippen molar-refractivity contribution in [3.8, 4) is 11.5 Å². The zero-order valence-corrected chi connectivity index (χ0v) is 10.2. The van der Waals surface area contributed by atoms with Crippen LogP contribution in [-0.4, -0.2) is 6.61 Å². The summed E-state index contributed by atoms with van der Waals surface area (Å²) in [4.78, 5) is 0. The quantitative estimate of drug-likeness (QED) is 0.557. The Bertz CT molecular complexity index is 491. The van der Waals surface area contributed by atoms with Crippen LogP contribution < -0.4 is 4.74 Å². The first kappa shape index (κ1) is 12.4. The van der Waals surface area contributed by atoms with Gasteiger partial charge >= 0.3 is 0 Å². The molecule has 0 bridgehead atoms. The molecule has 0 aliphatic carbocycles. The molecular weight excluding hydrogens is 224 g/mol. The molecule has 0 aliphatic heterocycles. The Morgan fingerprint density at radius 1 is 0.944 bits per heavy atom. The van der Waals surface area contributed by atoms with Gasteiger partial charge in [-0.05, 0) is 29.8 Å². The van der Waals surface area contributed by atoms with Gasteiger partial charge in [-0.15, -0.1) is 6.58 Å². The Hall–Kier alpha value is -2.06. The summed E-state index contributed by atoms with van der Waals surface area (Å²) in [5.74, 6) is 1.66. The maximum Gasteiger partial charge on any atom is 0.127 e. The fourth-order valence-electron chi connectivity index (χ4n) is 1.58. The van der Waals surface area contributed by atoms with Crippen molar-refractivity contribution in [1.29, 1.82) is 0 Å². The first-order chi connectivity index (χ1) is 8.88. The molecule has 0 saturated heterocycles. The van der Waals surface area contributed by atoms with Crippen LogP contribution in [0.2, 0.25) is 0 Å². The molecule has 0 radical (unpaired) electrons. The minimum Gasteiger partial charge on any atom is -0.457 e. The number of ether oxygens (including phenoxy) is 2. The average molecular weight is 240 g/mol. The van der Waals surface area contributed by atoms with Crippen molar-refractivity contribution in [3.63, 3.8) is 0 Å². The monoisotopic (exact) mass is 240 g/mol. The van der Waals surface area contributed by atoms with Gasteiger partial charge < -0.3 is 9.47 Å². The molecule has 2 rings (SSSR count). The zero-order chi connectivity index (χ0) is 12.6. The number of para-hydroxylation sites is 1. The SMILES string of the molecule is C=CCOCc1cccc(Oc2ccccc2)c1. The van der Waals surface area contributed by atoms with Crippen LogP contribution in [-0.2, 0) is 11.3 Å². The van der Waals surface area contributed by atoms with Crippen LogP contribution in [0, 0.1) is 0 Å². The first-order valence-corrected chi connectivity index (χ1v) is 5.89. The van der Waals surface area contributed by atoms with Gasteiger partial charge in [-0.25, -0.2) is 0 Å². The summed E-state index contributed by atoms with van der Waals surface area (Å²) >= 11 is 0. The van der Waals surface area contributed by atoms with Crippen molar-refractivity contribution in [2.75, 3.05) is 6.61 Å². The molecule has 2 nitrogen and oxygen atoms in total. The van der Waals surface area contributed by atoms with Crippen molar-refractivity contribution in [3.05, 3.63) is 72.8 Å². The predicted octanol–water partition coefficient (Wildman–Crippen LogP) is 4.18. The second-order valence-corrected chi connectivity index (χ2v) is 3.87. The second-order valence-electron chi connectivity index (χ2n) is 3.87. The van der Waals surface area contributed by atoms with Crippen molar-refractivity contribution in [2.45, 2.75) is 6.61 Å². The maximum atomic E-state index is 5.75. The third-order valence-corrected chi connectivity index (χ3v) is 2.38. The molecule has 92 valence electrons. The fourth-order valence-corrected chi connectivity index (χ4v) is 1.58. The molecule has 0 aliphatic rings. The molecule has 2 heteroatoms. The second kappa shape index (κ2) is 6.62. The summed E-state index contributed by atoms with van der Waals surface area (Å²) in [7, 11) is 0. The van der Waals surface area contributed by atoms with E-state index in [1.165, 1.54) is 0 Å². The van der Waals surface area contributed by atoms with Crippen molar-refractivity contribution < 1.29 is 9.47 Å². The van der Waals surface area contributed by atoms with E-state index >= 15 is 0 Å². The van der Waals surface area contributed by atoms with E-state index in [0.717, 1.165) is 17.1 Å². The molecule has 0 atom stereocenters. The molecular formula is C16H16O2. The smallest absolute Gasteiger partial charge is 0.127 e. The third kappa shape index (κ3) is 3.75. The largest absolute Gasteiger partial charge is 0.457 e. The lowest BCUT2D eigenvalue weighted by molar-refractivity contribution is 0.148. The van der Waals surface area contributed by atoms with Gasteiger partial charge in [0.1, 0.15) is 11.5 Å². The number of hydrogen-bond acceptors (Lipinski definition) is 2. The molecule has 2 aromatic rings. The highest BCUT2D eigenvalue weighted by Crippen LogP contribution is 2.21. The zero-order valence-electron chi connectivity index (χ0n) is 10.2. The van der Waals surface area contributed by atoms with Crippen LogP contribution in [0.3, 0.4) is 0 Å². The number of benzene rings is 2. The van der Waals surface area contributed by atoms with Gasteiger partial charge in [-0.2, -0.15) is 0 Å². The van der Waals surface area contributed by atoms with Gasteiger partial charge in [0.2, 0.25) is 0 Å². The molecule has 0 unspecified atom stereocenters. The highest BCUT2D eigenvalue weighted by molar-refractivity contribution is 5.33. The highest BCUT2D eigenvalue weighted by atomic mass is 16.5. The molecule has 0 N–H and O–H groups in total. The topological polar surface area (TPSA) is 18.5 Å². The number of rotatable bonds is 6. The Morgan fingerprint density at radius 2 is 1.72 bits per heavy atom. The molecule has 0 saturated carbocycles. The van der Waals surface area contributed by atoms with Gasteiger partial charge in [0.15, 0.2) is 0 Å². The first-order valence-electron chi connectivity index (χ1n) is 5.89. The van der Waals surface area contributed by atoms with E-state index in [0.29, 0.717) is 13.2 Å². The van der Waals surface area contributed by atoms with Crippen LogP contribution in [0.5, 0.6) is 11.5 Å². The van der Waals surface area contributed by atoms with Gasteiger partial charge in [0.05, 0.1) is 13.2 Å². The van der Waals surface area contributed by atoms with E-state index in [4.69, 9.17) is 9.47 Å². The Kier molecular flexibility index (Phi) is 4.56. The molecule has 2 aromatic carbocycles. The predicted molar refractivity (Wildman–Crippen MR) is 72.8 cm³/mol. The van der Waals surface area contributed by atoms with E-state index in [9.17, 15) is 0 Å². The molecule has 0 spiro atoms.